The smallest absolute Gasteiger partial charge is 0.417 e. The van der Waals surface area contributed by atoms with Crippen LogP contribution in [0, 0.1) is 11.2 Å². The summed E-state index contributed by atoms with van der Waals surface area (Å²) in [5, 5.41) is 19.5. The van der Waals surface area contributed by atoms with E-state index in [-0.39, 0.29) is 38.5 Å². The van der Waals surface area contributed by atoms with Crippen LogP contribution in [-0.2, 0) is 6.18 Å². The van der Waals surface area contributed by atoms with Gasteiger partial charge in [-0.3, -0.25) is 10.2 Å². The standard InChI is InChI=1S/C25H13BrClF4N3O4.C2H6/c26-19-10-33-23(38-19)11-4-7-14(21(32)13-6-5-12(24(36)37)8-17(13)28)18(9-11)34-22(35)20-15(25(29,30)31)2-1-3-16(20)27;1-2/h1-10,32H,(H,34,35)(H,36,37);1-2H3. The Morgan fingerprint density at radius 3 is 2.33 bits per heavy atom. The number of aromatic carboxylic acids is 1. The lowest BCUT2D eigenvalue weighted by Crippen LogP contribution is -2.21. The van der Waals surface area contributed by atoms with Crippen LogP contribution in [-0.4, -0.2) is 27.7 Å². The third kappa shape index (κ3) is 6.57. The summed E-state index contributed by atoms with van der Waals surface area (Å²) in [4.78, 5) is 28.3. The summed E-state index contributed by atoms with van der Waals surface area (Å²) < 4.78 is 61.2. The molecule has 0 aliphatic rings. The predicted octanol–water partition coefficient (Wildman–Crippen LogP) is 8.31. The minimum atomic E-state index is -4.89. The van der Waals surface area contributed by atoms with Crippen LogP contribution in [0.25, 0.3) is 11.5 Å². The van der Waals surface area contributed by atoms with Gasteiger partial charge in [0.1, 0.15) is 5.82 Å². The van der Waals surface area contributed by atoms with E-state index < -0.39 is 45.7 Å². The molecule has 0 unspecified atom stereocenters. The molecule has 4 rings (SSSR count). The van der Waals surface area contributed by atoms with Gasteiger partial charge in [0.25, 0.3) is 5.91 Å². The van der Waals surface area contributed by atoms with Gasteiger partial charge in [0.15, 0.2) is 4.67 Å². The lowest BCUT2D eigenvalue weighted by atomic mass is 9.97. The monoisotopic (exact) mass is 639 g/mol. The molecule has 13 heteroatoms. The summed E-state index contributed by atoms with van der Waals surface area (Å²) in [6, 6.07) is 9.79. The molecule has 1 aromatic heterocycles. The van der Waals surface area contributed by atoms with Gasteiger partial charge in [0, 0.05) is 16.7 Å². The van der Waals surface area contributed by atoms with E-state index >= 15 is 0 Å². The van der Waals surface area contributed by atoms with Crippen molar-refractivity contribution in [1.29, 1.82) is 5.41 Å². The minimum absolute atomic E-state index is 0.0798. The number of rotatable bonds is 6. The van der Waals surface area contributed by atoms with Gasteiger partial charge in [-0.1, -0.05) is 31.5 Å². The van der Waals surface area contributed by atoms with Crippen molar-refractivity contribution in [3.8, 4) is 11.5 Å². The summed E-state index contributed by atoms with van der Waals surface area (Å²) in [5.74, 6) is -3.56. The van der Waals surface area contributed by atoms with Crippen molar-refractivity contribution < 1.29 is 36.7 Å². The molecule has 0 bridgehead atoms. The number of aromatic nitrogens is 1. The van der Waals surface area contributed by atoms with Crippen LogP contribution in [0.15, 0.2) is 69.9 Å². The fourth-order valence-corrected chi connectivity index (χ4v) is 4.07. The quantitative estimate of drug-likeness (QED) is 0.145. The van der Waals surface area contributed by atoms with E-state index in [0.717, 1.165) is 30.3 Å². The first kappa shape index (κ1) is 30.5. The Labute approximate surface area is 238 Å². The molecule has 0 saturated heterocycles. The largest absolute Gasteiger partial charge is 0.478 e. The number of carboxylic acid groups (broad SMARTS) is 1. The van der Waals surface area contributed by atoms with Crippen LogP contribution in [0.3, 0.4) is 0 Å². The molecule has 40 heavy (non-hydrogen) atoms. The van der Waals surface area contributed by atoms with Crippen molar-refractivity contribution in [3.05, 3.63) is 104 Å². The first-order valence-electron chi connectivity index (χ1n) is 11.4. The Balaban J connectivity index is 0.00000216. The average Bonchev–Trinajstić information content (AvgIpc) is 3.34. The second-order valence-electron chi connectivity index (χ2n) is 7.72. The maximum atomic E-state index is 14.7. The van der Waals surface area contributed by atoms with Crippen molar-refractivity contribution >= 4 is 50.8 Å². The number of hydrogen-bond acceptors (Lipinski definition) is 5. The number of alkyl halides is 3. The number of anilines is 1. The summed E-state index contributed by atoms with van der Waals surface area (Å²) in [5.41, 5.74) is -3.26. The lowest BCUT2D eigenvalue weighted by molar-refractivity contribution is -0.137. The molecule has 7 nitrogen and oxygen atoms in total. The van der Waals surface area contributed by atoms with Crippen LogP contribution >= 0.6 is 27.5 Å². The van der Waals surface area contributed by atoms with Crippen molar-refractivity contribution in [2.24, 2.45) is 0 Å². The number of benzene rings is 3. The molecule has 0 atom stereocenters. The zero-order chi connectivity index (χ0) is 29.8. The van der Waals surface area contributed by atoms with Gasteiger partial charge < -0.3 is 14.8 Å². The molecular formula is C27H19BrClF4N3O4. The SMILES string of the molecule is CC.N=C(c1ccc(C(=O)O)cc1F)c1ccc(-c2ncc(Br)o2)cc1NC(=O)c1c(Cl)cccc1C(F)(F)F. The fraction of sp³-hybridized carbons (Fsp3) is 0.111. The highest BCUT2D eigenvalue weighted by Gasteiger charge is 2.36. The molecule has 4 aromatic rings. The van der Waals surface area contributed by atoms with Gasteiger partial charge in [-0.05, 0) is 64.5 Å². The number of carbonyl (C=O) groups is 2. The number of carbonyl (C=O) groups excluding carboxylic acids is 1. The molecule has 0 fully saturated rings. The molecule has 0 aliphatic carbocycles. The molecule has 208 valence electrons. The fourth-order valence-electron chi connectivity index (χ4n) is 3.56. The molecule has 0 aliphatic heterocycles. The van der Waals surface area contributed by atoms with Crippen LogP contribution < -0.4 is 5.32 Å². The maximum absolute atomic E-state index is 14.7. The first-order chi connectivity index (χ1) is 18.9. The Hall–Kier alpha value is -4.03. The van der Waals surface area contributed by atoms with Gasteiger partial charge in [-0.15, -0.1) is 0 Å². The minimum Gasteiger partial charge on any atom is -0.478 e. The third-order valence-electron chi connectivity index (χ3n) is 5.29. The number of halogens is 6. The Morgan fingerprint density at radius 1 is 1.07 bits per heavy atom. The van der Waals surface area contributed by atoms with E-state index in [1.165, 1.54) is 24.4 Å². The van der Waals surface area contributed by atoms with Crippen LogP contribution in [0.4, 0.5) is 23.2 Å². The zero-order valence-electron chi connectivity index (χ0n) is 20.7. The van der Waals surface area contributed by atoms with E-state index in [0.29, 0.717) is 6.07 Å². The normalized spacial score (nSPS) is 10.9. The predicted molar refractivity (Wildman–Crippen MR) is 145 cm³/mol. The Morgan fingerprint density at radius 2 is 1.75 bits per heavy atom. The lowest BCUT2D eigenvalue weighted by Gasteiger charge is -2.17. The molecule has 3 N–H and O–H groups in total. The Kier molecular flexibility index (Phi) is 9.48. The highest BCUT2D eigenvalue weighted by Crippen LogP contribution is 2.36. The number of nitrogens with zero attached hydrogens (tertiary/aromatic N) is 1. The van der Waals surface area contributed by atoms with Gasteiger partial charge in [0.2, 0.25) is 5.89 Å². The number of hydrogen-bond donors (Lipinski definition) is 3. The summed E-state index contributed by atoms with van der Waals surface area (Å²) in [6.07, 6.45) is -3.55. The topological polar surface area (TPSA) is 116 Å². The van der Waals surface area contributed by atoms with Gasteiger partial charge in [0.05, 0.1) is 39.3 Å². The number of carboxylic acids is 1. The van der Waals surface area contributed by atoms with Crippen LogP contribution in [0.1, 0.15) is 51.3 Å². The highest BCUT2D eigenvalue weighted by atomic mass is 79.9. The molecule has 0 spiro atoms. The summed E-state index contributed by atoms with van der Waals surface area (Å²) in [7, 11) is 0. The van der Waals surface area contributed by atoms with Crippen molar-refractivity contribution in [1.82, 2.24) is 4.98 Å². The third-order valence-corrected chi connectivity index (χ3v) is 5.97. The van der Waals surface area contributed by atoms with Crippen molar-refractivity contribution in [2.75, 3.05) is 5.32 Å². The van der Waals surface area contributed by atoms with Gasteiger partial charge in [-0.25, -0.2) is 14.2 Å². The molecule has 1 heterocycles. The van der Waals surface area contributed by atoms with E-state index in [4.69, 9.17) is 26.5 Å². The van der Waals surface area contributed by atoms with Crippen LogP contribution in [0.2, 0.25) is 5.02 Å². The van der Waals surface area contributed by atoms with E-state index in [1.807, 2.05) is 13.8 Å². The second-order valence-corrected chi connectivity index (χ2v) is 8.91. The van der Waals surface area contributed by atoms with Crippen molar-refractivity contribution in [2.45, 2.75) is 20.0 Å². The number of oxazole rings is 1. The van der Waals surface area contributed by atoms with E-state index in [2.05, 4.69) is 26.2 Å². The first-order valence-corrected chi connectivity index (χ1v) is 12.6. The van der Waals surface area contributed by atoms with Crippen LogP contribution in [0.5, 0.6) is 0 Å². The molecule has 1 amide bonds. The zero-order valence-corrected chi connectivity index (χ0v) is 23.0. The molecule has 3 aromatic carbocycles. The van der Waals surface area contributed by atoms with E-state index in [1.54, 1.807) is 0 Å². The number of amides is 1. The van der Waals surface area contributed by atoms with Gasteiger partial charge in [-0.2, -0.15) is 13.2 Å². The van der Waals surface area contributed by atoms with Crippen molar-refractivity contribution in [3.63, 3.8) is 0 Å². The summed E-state index contributed by atoms with van der Waals surface area (Å²) in [6.45, 7) is 4.00. The molecular weight excluding hydrogens is 622 g/mol. The van der Waals surface area contributed by atoms with Gasteiger partial charge >= 0.3 is 12.1 Å². The maximum Gasteiger partial charge on any atom is 0.417 e. The average molecular weight is 641 g/mol. The Bertz CT molecular complexity index is 1610. The molecule has 0 saturated carbocycles. The number of nitrogens with one attached hydrogen (secondary N) is 2. The molecule has 0 radical (unpaired) electrons. The highest BCUT2D eigenvalue weighted by molar-refractivity contribution is 9.10. The van der Waals surface area contributed by atoms with E-state index in [9.17, 15) is 27.2 Å². The summed E-state index contributed by atoms with van der Waals surface area (Å²) >= 11 is 9.06. The second kappa shape index (κ2) is 12.4.